The highest BCUT2D eigenvalue weighted by molar-refractivity contribution is 7.99. The highest BCUT2D eigenvalue weighted by Gasteiger charge is 2.33. The Morgan fingerprint density at radius 3 is 2.51 bits per heavy atom. The van der Waals surface area contributed by atoms with Crippen LogP contribution in [-0.4, -0.2) is 70.0 Å². The second-order valence-corrected chi connectivity index (χ2v) is 9.53. The first-order valence-corrected chi connectivity index (χ1v) is 12.6. The van der Waals surface area contributed by atoms with Crippen molar-refractivity contribution in [3.05, 3.63) is 60.4 Å². The predicted octanol–water partition coefficient (Wildman–Crippen LogP) is 2.74. The van der Waals surface area contributed by atoms with Gasteiger partial charge in [-0.3, -0.25) is 14.5 Å². The number of benzene rings is 2. The lowest BCUT2D eigenvalue weighted by atomic mass is 10.1. The number of ether oxygens (including phenoxy) is 1. The molecule has 0 unspecified atom stereocenters. The van der Waals surface area contributed by atoms with Gasteiger partial charge in [0.05, 0.1) is 17.5 Å². The third-order valence-corrected chi connectivity index (χ3v) is 7.46. The summed E-state index contributed by atoms with van der Waals surface area (Å²) in [4.78, 5) is 31.5. The number of thioether (sulfide) groups is 1. The van der Waals surface area contributed by atoms with E-state index in [2.05, 4.69) is 27.2 Å². The van der Waals surface area contributed by atoms with Gasteiger partial charge in [-0.1, -0.05) is 42.1 Å². The molecule has 0 aliphatic carbocycles. The van der Waals surface area contributed by atoms with Crippen LogP contribution in [0.3, 0.4) is 0 Å². The molecule has 1 saturated heterocycles. The Kier molecular flexibility index (Phi) is 6.63. The molecule has 0 saturated carbocycles. The molecule has 0 spiro atoms. The molecule has 2 aliphatic heterocycles. The molecule has 2 amide bonds. The molecule has 10 heteroatoms. The van der Waals surface area contributed by atoms with E-state index in [1.807, 2.05) is 65.9 Å². The number of aromatic nitrogens is 3. The number of carbonyl (C=O) groups is 2. The summed E-state index contributed by atoms with van der Waals surface area (Å²) in [6, 6.07) is 17.4. The van der Waals surface area contributed by atoms with Crippen LogP contribution in [0.25, 0.3) is 0 Å². The molecular formula is C25H28N6O3S. The summed E-state index contributed by atoms with van der Waals surface area (Å²) < 4.78 is 7.42. The van der Waals surface area contributed by atoms with Crippen molar-refractivity contribution in [3.8, 4) is 5.75 Å². The van der Waals surface area contributed by atoms with E-state index in [0.29, 0.717) is 35.6 Å². The molecule has 0 N–H and O–H groups in total. The van der Waals surface area contributed by atoms with Crippen LogP contribution in [0.2, 0.25) is 0 Å². The normalized spacial score (nSPS) is 16.6. The van der Waals surface area contributed by atoms with Crippen molar-refractivity contribution >= 4 is 35.0 Å². The number of piperazine rings is 1. The van der Waals surface area contributed by atoms with Gasteiger partial charge in [0.1, 0.15) is 5.75 Å². The van der Waals surface area contributed by atoms with Crippen LogP contribution in [0.5, 0.6) is 5.75 Å². The number of para-hydroxylation sites is 3. The third-order valence-electron chi connectivity index (χ3n) is 6.45. The molecule has 2 aliphatic rings. The zero-order valence-corrected chi connectivity index (χ0v) is 20.6. The Morgan fingerprint density at radius 1 is 1.03 bits per heavy atom. The Hall–Kier alpha value is -3.53. The minimum atomic E-state index is -0.332. The van der Waals surface area contributed by atoms with E-state index in [-0.39, 0.29) is 24.5 Å². The largest absolute Gasteiger partial charge is 0.482 e. The zero-order chi connectivity index (χ0) is 24.4. The maximum absolute atomic E-state index is 12.9. The molecular weight excluding hydrogens is 464 g/mol. The minimum absolute atomic E-state index is 0.00709. The summed E-state index contributed by atoms with van der Waals surface area (Å²) in [5.74, 6) is 1.59. The third kappa shape index (κ3) is 4.70. The lowest BCUT2D eigenvalue weighted by Crippen LogP contribution is -2.49. The Bertz CT molecular complexity index is 1210. The molecule has 1 aromatic heterocycles. The monoisotopic (exact) mass is 492 g/mol. The SMILES string of the molecule is C[C@@H](c1nnc(SCC(=O)N2CCN(c3ccccc3)CC2)n1C)N1C(=O)COc2ccccc21. The van der Waals surface area contributed by atoms with E-state index in [4.69, 9.17) is 4.74 Å². The maximum Gasteiger partial charge on any atom is 0.265 e. The average Bonchev–Trinajstić information content (AvgIpc) is 3.27. The summed E-state index contributed by atoms with van der Waals surface area (Å²) in [5.41, 5.74) is 1.91. The predicted molar refractivity (Wildman–Crippen MR) is 135 cm³/mol. The Labute approximate surface area is 208 Å². The summed E-state index contributed by atoms with van der Waals surface area (Å²) >= 11 is 1.37. The molecule has 2 aromatic carbocycles. The first-order chi connectivity index (χ1) is 17.0. The second-order valence-electron chi connectivity index (χ2n) is 8.59. The fraction of sp³-hybridized carbons (Fsp3) is 0.360. The lowest BCUT2D eigenvalue weighted by molar-refractivity contribution is -0.128. The van der Waals surface area contributed by atoms with Crippen LogP contribution >= 0.6 is 11.8 Å². The first-order valence-electron chi connectivity index (χ1n) is 11.7. The minimum Gasteiger partial charge on any atom is -0.482 e. The van der Waals surface area contributed by atoms with Gasteiger partial charge in [0.15, 0.2) is 17.6 Å². The van der Waals surface area contributed by atoms with Gasteiger partial charge in [-0.05, 0) is 31.2 Å². The molecule has 5 rings (SSSR count). The van der Waals surface area contributed by atoms with Gasteiger partial charge >= 0.3 is 0 Å². The number of hydrogen-bond acceptors (Lipinski definition) is 7. The standard InChI is InChI=1S/C25H28N6O3S/c1-18(31-20-10-6-7-11-21(20)34-16-22(31)32)24-26-27-25(28(24)2)35-17-23(33)30-14-12-29(13-15-30)19-8-4-3-5-9-19/h3-11,18H,12-17H2,1-2H3/t18-/m0/s1. The van der Waals surface area contributed by atoms with Crippen LogP contribution in [0.15, 0.2) is 59.8 Å². The zero-order valence-electron chi connectivity index (χ0n) is 19.8. The van der Waals surface area contributed by atoms with Crippen LogP contribution < -0.4 is 14.5 Å². The van der Waals surface area contributed by atoms with Crippen molar-refractivity contribution in [2.75, 3.05) is 48.3 Å². The Balaban J connectivity index is 1.20. The van der Waals surface area contributed by atoms with Crippen molar-refractivity contribution in [1.82, 2.24) is 19.7 Å². The van der Waals surface area contributed by atoms with E-state index < -0.39 is 0 Å². The second kappa shape index (κ2) is 9.99. The summed E-state index contributed by atoms with van der Waals surface area (Å²) in [7, 11) is 1.87. The van der Waals surface area contributed by atoms with E-state index in [1.165, 1.54) is 17.4 Å². The van der Waals surface area contributed by atoms with Crippen LogP contribution in [-0.2, 0) is 16.6 Å². The number of amides is 2. The van der Waals surface area contributed by atoms with Gasteiger partial charge in [0.25, 0.3) is 5.91 Å². The van der Waals surface area contributed by atoms with E-state index in [1.54, 1.807) is 4.90 Å². The molecule has 1 atom stereocenters. The van der Waals surface area contributed by atoms with Gasteiger partial charge in [-0.15, -0.1) is 10.2 Å². The Morgan fingerprint density at radius 2 is 1.74 bits per heavy atom. The highest BCUT2D eigenvalue weighted by Crippen LogP contribution is 2.37. The highest BCUT2D eigenvalue weighted by atomic mass is 32.2. The maximum atomic E-state index is 12.9. The molecule has 35 heavy (non-hydrogen) atoms. The van der Waals surface area contributed by atoms with Crippen LogP contribution in [0, 0.1) is 0 Å². The fourth-order valence-electron chi connectivity index (χ4n) is 4.55. The number of hydrogen-bond donors (Lipinski definition) is 0. The van der Waals surface area contributed by atoms with Crippen LogP contribution in [0.1, 0.15) is 18.8 Å². The topological polar surface area (TPSA) is 83.8 Å². The van der Waals surface area contributed by atoms with Crippen molar-refractivity contribution in [2.24, 2.45) is 7.05 Å². The lowest BCUT2D eigenvalue weighted by Gasteiger charge is -2.36. The molecule has 3 heterocycles. The van der Waals surface area contributed by atoms with Crippen molar-refractivity contribution in [1.29, 1.82) is 0 Å². The van der Waals surface area contributed by atoms with Gasteiger partial charge in [-0.25, -0.2) is 0 Å². The summed E-state index contributed by atoms with van der Waals surface area (Å²) in [6.45, 7) is 4.97. The van der Waals surface area contributed by atoms with Crippen molar-refractivity contribution < 1.29 is 14.3 Å². The van der Waals surface area contributed by atoms with E-state index >= 15 is 0 Å². The number of anilines is 2. The van der Waals surface area contributed by atoms with Gasteiger partial charge in [0.2, 0.25) is 5.91 Å². The molecule has 182 valence electrons. The number of fused-ring (bicyclic) bond motifs is 1. The molecule has 1 fully saturated rings. The van der Waals surface area contributed by atoms with Gasteiger partial charge in [-0.2, -0.15) is 0 Å². The van der Waals surface area contributed by atoms with Crippen LogP contribution in [0.4, 0.5) is 11.4 Å². The smallest absolute Gasteiger partial charge is 0.265 e. The number of nitrogens with zero attached hydrogens (tertiary/aromatic N) is 6. The quantitative estimate of drug-likeness (QED) is 0.489. The molecule has 9 nitrogen and oxygen atoms in total. The average molecular weight is 493 g/mol. The van der Waals surface area contributed by atoms with E-state index in [0.717, 1.165) is 18.8 Å². The molecule has 0 bridgehead atoms. The summed E-state index contributed by atoms with van der Waals surface area (Å²) in [5, 5.41) is 9.32. The number of rotatable bonds is 6. The molecule has 0 radical (unpaired) electrons. The van der Waals surface area contributed by atoms with Gasteiger partial charge in [0, 0.05) is 38.9 Å². The van der Waals surface area contributed by atoms with Gasteiger partial charge < -0.3 is 19.1 Å². The number of carbonyl (C=O) groups excluding carboxylic acids is 2. The first kappa shape index (κ1) is 23.2. The fourth-order valence-corrected chi connectivity index (χ4v) is 5.37. The molecule has 3 aromatic rings. The van der Waals surface area contributed by atoms with Crippen molar-refractivity contribution in [3.63, 3.8) is 0 Å². The van der Waals surface area contributed by atoms with Crippen molar-refractivity contribution in [2.45, 2.75) is 18.1 Å². The van der Waals surface area contributed by atoms with E-state index in [9.17, 15) is 9.59 Å². The summed E-state index contributed by atoms with van der Waals surface area (Å²) in [6.07, 6.45) is 0.